The highest BCUT2D eigenvalue weighted by Gasteiger charge is 2.44. The zero-order chi connectivity index (χ0) is 11.1. The Morgan fingerprint density at radius 2 is 2.13 bits per heavy atom. The molecule has 0 bridgehead atoms. The van der Waals surface area contributed by atoms with Crippen LogP contribution in [0.1, 0.15) is 27.2 Å². The maximum absolute atomic E-state index is 12.2. The summed E-state index contributed by atoms with van der Waals surface area (Å²) in [6.45, 7) is 8.58. The molecule has 3 atom stereocenters. The second-order valence-corrected chi connectivity index (χ2v) is 5.79. The van der Waals surface area contributed by atoms with Crippen molar-refractivity contribution in [1.29, 1.82) is 0 Å². The zero-order valence-corrected chi connectivity index (χ0v) is 9.88. The molecule has 2 saturated heterocycles. The maximum Gasteiger partial charge on any atom is 0.155 e. The lowest BCUT2D eigenvalue weighted by Crippen LogP contribution is -2.44. The van der Waals surface area contributed by atoms with Gasteiger partial charge in [-0.15, -0.1) is 0 Å². The summed E-state index contributed by atoms with van der Waals surface area (Å²) in [5, 5.41) is 3.38. The summed E-state index contributed by atoms with van der Waals surface area (Å²) in [5.74, 6) is 1.39. The molecule has 0 aromatic carbocycles. The molecule has 3 heteroatoms. The van der Waals surface area contributed by atoms with E-state index in [1.165, 1.54) is 0 Å². The Kier molecular flexibility index (Phi) is 2.86. The van der Waals surface area contributed by atoms with Gasteiger partial charge in [-0.1, -0.05) is 20.8 Å². The first-order valence-electron chi connectivity index (χ1n) is 5.85. The quantitative estimate of drug-likeness (QED) is 0.709. The number of hydrogen-bond donors (Lipinski definition) is 1. The number of rotatable bonds is 1. The summed E-state index contributed by atoms with van der Waals surface area (Å²) in [5.41, 5.74) is -0.246. The molecule has 2 rings (SSSR count). The van der Waals surface area contributed by atoms with Gasteiger partial charge in [0.25, 0.3) is 0 Å². The third kappa shape index (κ3) is 2.08. The largest absolute Gasteiger partial charge is 0.381 e. The molecule has 2 heterocycles. The number of carbonyl (C=O) groups is 1. The number of ketones is 1. The number of hydrogen-bond acceptors (Lipinski definition) is 3. The van der Waals surface area contributed by atoms with Crippen LogP contribution in [-0.2, 0) is 9.53 Å². The van der Waals surface area contributed by atoms with E-state index in [1.807, 2.05) is 20.8 Å². The van der Waals surface area contributed by atoms with Gasteiger partial charge in [0.2, 0.25) is 0 Å². The lowest BCUT2D eigenvalue weighted by molar-refractivity contribution is -0.130. The fraction of sp³-hybridized carbons (Fsp3) is 0.917. The van der Waals surface area contributed by atoms with Crippen LogP contribution in [0.25, 0.3) is 0 Å². The highest BCUT2D eigenvalue weighted by Crippen LogP contribution is 2.33. The van der Waals surface area contributed by atoms with Crippen molar-refractivity contribution in [1.82, 2.24) is 5.32 Å². The fourth-order valence-corrected chi connectivity index (χ4v) is 2.61. The van der Waals surface area contributed by atoms with Crippen LogP contribution in [0.4, 0.5) is 0 Å². The molecule has 0 radical (unpaired) electrons. The van der Waals surface area contributed by atoms with Crippen LogP contribution in [0.3, 0.4) is 0 Å². The van der Waals surface area contributed by atoms with Crippen molar-refractivity contribution in [2.75, 3.05) is 19.8 Å². The molecule has 0 aromatic rings. The van der Waals surface area contributed by atoms with E-state index in [0.29, 0.717) is 17.6 Å². The van der Waals surface area contributed by atoms with E-state index in [9.17, 15) is 4.79 Å². The molecule has 2 aliphatic rings. The zero-order valence-electron chi connectivity index (χ0n) is 9.88. The minimum Gasteiger partial charge on any atom is -0.381 e. The summed E-state index contributed by atoms with van der Waals surface area (Å²) < 4.78 is 5.48. The normalized spacial score (nSPS) is 36.3. The smallest absolute Gasteiger partial charge is 0.155 e. The molecule has 3 nitrogen and oxygen atoms in total. The van der Waals surface area contributed by atoms with Gasteiger partial charge in [-0.2, -0.15) is 0 Å². The third-order valence-corrected chi connectivity index (χ3v) is 3.60. The molecule has 2 fully saturated rings. The Labute approximate surface area is 91.6 Å². The standard InChI is InChI=1S/C12H21NO2/c1-12(2,3)11(14)10-9-7-15-5-4-8(9)6-13-10/h8-10,13H,4-7H2,1-3H3. The molecule has 86 valence electrons. The van der Waals surface area contributed by atoms with Crippen LogP contribution in [0.15, 0.2) is 0 Å². The fourth-order valence-electron chi connectivity index (χ4n) is 2.61. The predicted molar refractivity (Wildman–Crippen MR) is 58.7 cm³/mol. The molecule has 0 aliphatic carbocycles. The third-order valence-electron chi connectivity index (χ3n) is 3.60. The minimum absolute atomic E-state index is 0.0234. The van der Waals surface area contributed by atoms with Crippen molar-refractivity contribution in [3.63, 3.8) is 0 Å². The number of fused-ring (bicyclic) bond motifs is 1. The minimum atomic E-state index is -0.246. The summed E-state index contributed by atoms with van der Waals surface area (Å²) in [4.78, 5) is 12.2. The summed E-state index contributed by atoms with van der Waals surface area (Å²) in [6.07, 6.45) is 1.10. The van der Waals surface area contributed by atoms with Crippen molar-refractivity contribution < 1.29 is 9.53 Å². The Balaban J connectivity index is 2.08. The Morgan fingerprint density at radius 3 is 2.80 bits per heavy atom. The Hall–Kier alpha value is -0.410. The van der Waals surface area contributed by atoms with E-state index in [4.69, 9.17) is 4.74 Å². The van der Waals surface area contributed by atoms with Crippen LogP contribution in [0.5, 0.6) is 0 Å². The van der Waals surface area contributed by atoms with E-state index >= 15 is 0 Å². The maximum atomic E-state index is 12.2. The summed E-state index contributed by atoms with van der Waals surface area (Å²) in [7, 11) is 0. The molecule has 0 amide bonds. The van der Waals surface area contributed by atoms with Crippen LogP contribution < -0.4 is 5.32 Å². The highest BCUT2D eigenvalue weighted by atomic mass is 16.5. The lowest BCUT2D eigenvalue weighted by Gasteiger charge is -2.30. The van der Waals surface area contributed by atoms with E-state index in [2.05, 4.69) is 5.32 Å². The molecule has 0 aromatic heterocycles. The molecule has 1 N–H and O–H groups in total. The average Bonchev–Trinajstić information content (AvgIpc) is 2.58. The number of nitrogens with one attached hydrogen (secondary N) is 1. The van der Waals surface area contributed by atoms with Gasteiger partial charge >= 0.3 is 0 Å². The SMILES string of the molecule is CC(C)(C)C(=O)C1NCC2CCOCC21. The average molecular weight is 211 g/mol. The first kappa shape index (κ1) is 11.1. The van der Waals surface area contributed by atoms with Gasteiger partial charge in [0.15, 0.2) is 5.78 Å². The molecular weight excluding hydrogens is 190 g/mol. The van der Waals surface area contributed by atoms with Gasteiger partial charge < -0.3 is 10.1 Å². The molecule has 2 aliphatic heterocycles. The van der Waals surface area contributed by atoms with Gasteiger partial charge in [0.05, 0.1) is 12.6 Å². The Bertz CT molecular complexity index is 257. The second kappa shape index (κ2) is 3.87. The van der Waals surface area contributed by atoms with Gasteiger partial charge in [0, 0.05) is 17.9 Å². The van der Waals surface area contributed by atoms with Crippen LogP contribution >= 0.6 is 0 Å². The molecule has 0 spiro atoms. The van der Waals surface area contributed by atoms with Crippen LogP contribution in [-0.4, -0.2) is 31.6 Å². The number of ether oxygens (including phenoxy) is 1. The summed E-state index contributed by atoms with van der Waals surface area (Å²) in [6, 6.07) is 0.0234. The van der Waals surface area contributed by atoms with E-state index in [0.717, 1.165) is 26.2 Å². The van der Waals surface area contributed by atoms with E-state index in [-0.39, 0.29) is 11.5 Å². The number of Topliss-reactive ketones (excluding diaryl/α,β-unsaturated/α-hetero) is 1. The van der Waals surface area contributed by atoms with Gasteiger partial charge in [-0.05, 0) is 18.9 Å². The summed E-state index contributed by atoms with van der Waals surface area (Å²) >= 11 is 0. The number of carbonyl (C=O) groups excluding carboxylic acids is 1. The van der Waals surface area contributed by atoms with Crippen LogP contribution in [0.2, 0.25) is 0 Å². The van der Waals surface area contributed by atoms with Gasteiger partial charge in [-0.25, -0.2) is 0 Å². The van der Waals surface area contributed by atoms with Crippen molar-refractivity contribution in [3.05, 3.63) is 0 Å². The van der Waals surface area contributed by atoms with Crippen molar-refractivity contribution in [2.45, 2.75) is 33.2 Å². The molecule has 15 heavy (non-hydrogen) atoms. The molecule has 0 saturated carbocycles. The monoisotopic (exact) mass is 211 g/mol. The topological polar surface area (TPSA) is 38.3 Å². The van der Waals surface area contributed by atoms with E-state index < -0.39 is 0 Å². The van der Waals surface area contributed by atoms with E-state index in [1.54, 1.807) is 0 Å². The molecular formula is C12H21NO2. The Morgan fingerprint density at radius 1 is 1.40 bits per heavy atom. The van der Waals surface area contributed by atoms with Crippen molar-refractivity contribution in [2.24, 2.45) is 17.3 Å². The first-order chi connectivity index (χ1) is 7.00. The lowest BCUT2D eigenvalue weighted by atomic mass is 9.78. The second-order valence-electron chi connectivity index (χ2n) is 5.79. The predicted octanol–water partition coefficient (Wildman–Crippen LogP) is 1.23. The van der Waals surface area contributed by atoms with Crippen LogP contribution in [0, 0.1) is 17.3 Å². The highest BCUT2D eigenvalue weighted by molar-refractivity contribution is 5.89. The van der Waals surface area contributed by atoms with Crippen molar-refractivity contribution >= 4 is 5.78 Å². The van der Waals surface area contributed by atoms with Gasteiger partial charge in [-0.3, -0.25) is 4.79 Å². The van der Waals surface area contributed by atoms with Gasteiger partial charge in [0.1, 0.15) is 0 Å². The molecule has 3 unspecified atom stereocenters. The van der Waals surface area contributed by atoms with Crippen molar-refractivity contribution in [3.8, 4) is 0 Å². The first-order valence-corrected chi connectivity index (χ1v) is 5.85.